The highest BCUT2D eigenvalue weighted by atomic mass is 16.5. The summed E-state index contributed by atoms with van der Waals surface area (Å²) in [5, 5.41) is 4.01. The lowest BCUT2D eigenvalue weighted by Crippen LogP contribution is -2.39. The number of rotatable bonds is 6. The van der Waals surface area contributed by atoms with Gasteiger partial charge in [0.2, 0.25) is 11.8 Å². The summed E-state index contributed by atoms with van der Waals surface area (Å²) in [5.41, 5.74) is 1.11. The molecule has 2 aromatic rings. The van der Waals surface area contributed by atoms with Crippen LogP contribution in [-0.4, -0.2) is 40.6 Å². The molecular formula is C19H25N3O3. The van der Waals surface area contributed by atoms with Crippen LogP contribution in [0.2, 0.25) is 0 Å². The van der Waals surface area contributed by atoms with E-state index >= 15 is 0 Å². The van der Waals surface area contributed by atoms with Gasteiger partial charge in [0.15, 0.2) is 5.82 Å². The molecule has 1 fully saturated rings. The zero-order valence-corrected chi connectivity index (χ0v) is 14.9. The highest BCUT2D eigenvalue weighted by molar-refractivity contribution is 5.76. The van der Waals surface area contributed by atoms with Gasteiger partial charge in [-0.05, 0) is 37.8 Å². The lowest BCUT2D eigenvalue weighted by Gasteiger charge is -2.31. The van der Waals surface area contributed by atoms with E-state index < -0.39 is 0 Å². The molecule has 1 aliphatic heterocycles. The van der Waals surface area contributed by atoms with Gasteiger partial charge in [-0.2, -0.15) is 4.98 Å². The molecule has 0 aliphatic carbocycles. The third-order valence-corrected chi connectivity index (χ3v) is 4.57. The van der Waals surface area contributed by atoms with Crippen molar-refractivity contribution < 1.29 is 14.1 Å². The molecule has 6 heteroatoms. The number of para-hydroxylation sites is 1. The second-order valence-corrected chi connectivity index (χ2v) is 6.57. The van der Waals surface area contributed by atoms with E-state index in [2.05, 4.69) is 10.1 Å². The molecule has 0 spiro atoms. The molecular weight excluding hydrogens is 318 g/mol. The monoisotopic (exact) mass is 343 g/mol. The van der Waals surface area contributed by atoms with Crippen molar-refractivity contribution >= 4 is 5.91 Å². The molecule has 6 nitrogen and oxygen atoms in total. The fourth-order valence-corrected chi connectivity index (χ4v) is 3.18. The van der Waals surface area contributed by atoms with Gasteiger partial charge in [-0.15, -0.1) is 0 Å². The summed E-state index contributed by atoms with van der Waals surface area (Å²) in [6, 6.07) is 7.93. The highest BCUT2D eigenvalue weighted by Crippen LogP contribution is 2.25. The molecule has 0 radical (unpaired) electrons. The van der Waals surface area contributed by atoms with E-state index in [0.29, 0.717) is 25.5 Å². The van der Waals surface area contributed by atoms with Crippen LogP contribution in [0.15, 0.2) is 28.8 Å². The molecule has 2 heterocycles. The Morgan fingerprint density at radius 2 is 2.20 bits per heavy atom. The Balaban J connectivity index is 1.44. The van der Waals surface area contributed by atoms with Crippen LogP contribution in [0.4, 0.5) is 0 Å². The Kier molecular flexibility index (Phi) is 5.68. The number of benzene rings is 1. The van der Waals surface area contributed by atoms with E-state index in [4.69, 9.17) is 9.26 Å². The highest BCUT2D eigenvalue weighted by Gasteiger charge is 2.27. The largest absolute Gasteiger partial charge is 0.493 e. The van der Waals surface area contributed by atoms with Crippen molar-refractivity contribution in [3.8, 4) is 5.75 Å². The van der Waals surface area contributed by atoms with Gasteiger partial charge in [0.25, 0.3) is 0 Å². The summed E-state index contributed by atoms with van der Waals surface area (Å²) in [4.78, 5) is 18.7. The maximum Gasteiger partial charge on any atom is 0.223 e. The number of carbonyl (C=O) groups excluding carboxylic acids is 1. The van der Waals surface area contributed by atoms with Crippen LogP contribution in [-0.2, 0) is 4.79 Å². The van der Waals surface area contributed by atoms with Gasteiger partial charge in [-0.3, -0.25) is 4.79 Å². The smallest absolute Gasteiger partial charge is 0.223 e. The predicted octanol–water partition coefficient (Wildman–Crippen LogP) is 3.25. The maximum absolute atomic E-state index is 12.5. The first kappa shape index (κ1) is 17.5. The van der Waals surface area contributed by atoms with E-state index in [1.165, 1.54) is 0 Å². The van der Waals surface area contributed by atoms with Gasteiger partial charge in [0.1, 0.15) is 5.75 Å². The third kappa shape index (κ3) is 4.59. The molecule has 1 atom stereocenters. The minimum Gasteiger partial charge on any atom is -0.493 e. The van der Waals surface area contributed by atoms with Crippen LogP contribution in [0.25, 0.3) is 0 Å². The molecule has 1 aromatic carbocycles. The first-order chi connectivity index (χ1) is 12.1. The average Bonchev–Trinajstić information content (AvgIpc) is 3.06. The quantitative estimate of drug-likeness (QED) is 0.753. The summed E-state index contributed by atoms with van der Waals surface area (Å²) < 4.78 is 10.8. The van der Waals surface area contributed by atoms with Crippen LogP contribution in [0, 0.1) is 13.8 Å². The first-order valence-corrected chi connectivity index (χ1v) is 8.90. The second-order valence-electron chi connectivity index (χ2n) is 6.57. The van der Waals surface area contributed by atoms with E-state index in [1.807, 2.05) is 36.1 Å². The van der Waals surface area contributed by atoms with Gasteiger partial charge in [0, 0.05) is 32.4 Å². The van der Waals surface area contributed by atoms with Crippen molar-refractivity contribution in [2.75, 3.05) is 19.7 Å². The van der Waals surface area contributed by atoms with Crippen LogP contribution in [0.3, 0.4) is 0 Å². The molecule has 0 saturated carbocycles. The number of aromatic nitrogens is 2. The maximum atomic E-state index is 12.5. The number of nitrogens with zero attached hydrogens (tertiary/aromatic N) is 3. The summed E-state index contributed by atoms with van der Waals surface area (Å²) in [6.45, 7) is 5.85. The zero-order chi connectivity index (χ0) is 17.6. The van der Waals surface area contributed by atoms with Crippen molar-refractivity contribution in [1.29, 1.82) is 0 Å². The van der Waals surface area contributed by atoms with Crippen LogP contribution in [0.1, 0.15) is 48.9 Å². The Morgan fingerprint density at radius 1 is 1.36 bits per heavy atom. The Bertz CT molecular complexity index is 713. The summed E-state index contributed by atoms with van der Waals surface area (Å²) in [6.07, 6.45) is 3.20. The average molecular weight is 343 g/mol. The number of hydrogen-bond acceptors (Lipinski definition) is 5. The number of piperidine rings is 1. The molecule has 1 saturated heterocycles. The van der Waals surface area contributed by atoms with Crippen molar-refractivity contribution in [2.24, 2.45) is 0 Å². The van der Waals surface area contributed by atoms with Gasteiger partial charge >= 0.3 is 0 Å². The number of aryl methyl sites for hydroxylation is 2. The minimum absolute atomic E-state index is 0.179. The summed E-state index contributed by atoms with van der Waals surface area (Å²) in [5.74, 6) is 2.54. The fourth-order valence-electron chi connectivity index (χ4n) is 3.18. The van der Waals surface area contributed by atoms with Crippen LogP contribution < -0.4 is 4.74 Å². The van der Waals surface area contributed by atoms with E-state index in [0.717, 1.165) is 42.9 Å². The number of ether oxygens (including phenoxy) is 1. The number of hydrogen-bond donors (Lipinski definition) is 0. The van der Waals surface area contributed by atoms with Crippen molar-refractivity contribution in [3.63, 3.8) is 0 Å². The summed E-state index contributed by atoms with van der Waals surface area (Å²) in [7, 11) is 0. The molecule has 3 rings (SSSR count). The lowest BCUT2D eigenvalue weighted by molar-refractivity contribution is -0.132. The molecule has 0 N–H and O–H groups in total. The number of carbonyl (C=O) groups is 1. The Morgan fingerprint density at radius 3 is 2.96 bits per heavy atom. The van der Waals surface area contributed by atoms with E-state index in [9.17, 15) is 4.79 Å². The van der Waals surface area contributed by atoms with E-state index in [-0.39, 0.29) is 11.8 Å². The first-order valence-electron chi connectivity index (χ1n) is 8.90. The Hall–Kier alpha value is -2.37. The van der Waals surface area contributed by atoms with Gasteiger partial charge in [-0.25, -0.2) is 0 Å². The van der Waals surface area contributed by atoms with Crippen molar-refractivity contribution in [2.45, 2.75) is 45.4 Å². The molecule has 0 unspecified atom stereocenters. The normalized spacial score (nSPS) is 17.5. The van der Waals surface area contributed by atoms with Crippen molar-refractivity contribution in [3.05, 3.63) is 41.5 Å². The number of amides is 1. The molecule has 1 aliphatic rings. The fraction of sp³-hybridized carbons (Fsp3) is 0.526. The molecule has 1 aromatic heterocycles. The number of likely N-dealkylation sites (tertiary alicyclic amines) is 1. The lowest BCUT2D eigenvalue weighted by atomic mass is 9.97. The predicted molar refractivity (Wildman–Crippen MR) is 93.5 cm³/mol. The van der Waals surface area contributed by atoms with E-state index in [1.54, 1.807) is 6.92 Å². The molecule has 25 heavy (non-hydrogen) atoms. The van der Waals surface area contributed by atoms with Gasteiger partial charge in [0.05, 0.1) is 6.61 Å². The van der Waals surface area contributed by atoms with Gasteiger partial charge in [-0.1, -0.05) is 23.4 Å². The Labute approximate surface area is 148 Å². The summed E-state index contributed by atoms with van der Waals surface area (Å²) >= 11 is 0. The van der Waals surface area contributed by atoms with Crippen LogP contribution >= 0.6 is 0 Å². The third-order valence-electron chi connectivity index (χ3n) is 4.57. The standard InChI is InChI=1S/C19H25N3O3/c1-14-7-3-4-9-17(14)24-12-6-10-18(23)22-11-5-8-16(13-22)19-20-15(2)25-21-19/h3-4,7,9,16H,5-6,8,10-13H2,1-2H3/t16-/m1/s1. The van der Waals surface area contributed by atoms with Gasteiger partial charge < -0.3 is 14.2 Å². The topological polar surface area (TPSA) is 68.5 Å². The zero-order valence-electron chi connectivity index (χ0n) is 14.9. The molecule has 134 valence electrons. The SMILES string of the molecule is Cc1nc([C@@H]2CCCN(C(=O)CCCOc3ccccc3C)C2)no1. The minimum atomic E-state index is 0.179. The molecule has 0 bridgehead atoms. The van der Waals surface area contributed by atoms with Crippen molar-refractivity contribution in [1.82, 2.24) is 15.0 Å². The molecule has 1 amide bonds. The second kappa shape index (κ2) is 8.14. The van der Waals surface area contributed by atoms with Crippen LogP contribution in [0.5, 0.6) is 5.75 Å².